The number of amides is 1. The van der Waals surface area contributed by atoms with Crippen molar-refractivity contribution in [2.24, 2.45) is 0 Å². The number of hydrogen-bond donors (Lipinski definition) is 1. The quantitative estimate of drug-likeness (QED) is 0.430. The maximum Gasteiger partial charge on any atom is 0.258 e. The largest absolute Gasteiger partial charge is 0.496 e. The molecule has 140 valence electrons. The van der Waals surface area contributed by atoms with Crippen LogP contribution in [-0.4, -0.2) is 23.0 Å². The van der Waals surface area contributed by atoms with Crippen molar-refractivity contribution in [1.82, 2.24) is 9.97 Å². The van der Waals surface area contributed by atoms with Gasteiger partial charge in [0.2, 0.25) is 0 Å². The SMILES string of the molecule is COc1ccccc1-c1cc(C)ccc1C(=O)Nc1nc2ncc(Br)cc2s1. The Kier molecular flexibility index (Phi) is 5.11. The number of hydrogen-bond acceptors (Lipinski definition) is 5. The van der Waals surface area contributed by atoms with Crippen molar-refractivity contribution in [1.29, 1.82) is 0 Å². The monoisotopic (exact) mass is 453 g/mol. The average Bonchev–Trinajstić information content (AvgIpc) is 3.09. The minimum atomic E-state index is -0.223. The first-order valence-electron chi connectivity index (χ1n) is 8.52. The Hall–Kier alpha value is -2.77. The fraction of sp³-hybridized carbons (Fsp3) is 0.0952. The first kappa shape index (κ1) is 18.6. The van der Waals surface area contributed by atoms with Gasteiger partial charge in [0.25, 0.3) is 5.91 Å². The van der Waals surface area contributed by atoms with Crippen LogP contribution >= 0.6 is 27.3 Å². The molecule has 2 aromatic heterocycles. The highest BCUT2D eigenvalue weighted by atomic mass is 79.9. The molecular formula is C21H16BrN3O2S. The smallest absolute Gasteiger partial charge is 0.258 e. The van der Waals surface area contributed by atoms with E-state index in [0.717, 1.165) is 31.6 Å². The number of thiazole rings is 1. The van der Waals surface area contributed by atoms with Gasteiger partial charge in [-0.1, -0.05) is 47.2 Å². The van der Waals surface area contributed by atoms with Crippen molar-refractivity contribution in [2.75, 3.05) is 12.4 Å². The standard InChI is InChI=1S/C21H16BrN3O2S/c1-12-7-8-15(16(9-12)14-5-3-4-6-17(14)27-2)20(26)25-21-24-19-18(28-21)10-13(22)11-23-19/h3-11H,1-2H3,(H,23,24,25,26). The van der Waals surface area contributed by atoms with Crippen LogP contribution in [0.15, 0.2) is 59.2 Å². The molecule has 4 rings (SSSR count). The lowest BCUT2D eigenvalue weighted by Crippen LogP contribution is -2.13. The van der Waals surface area contributed by atoms with Gasteiger partial charge in [-0.15, -0.1) is 0 Å². The summed E-state index contributed by atoms with van der Waals surface area (Å²) in [5.41, 5.74) is 3.91. The highest BCUT2D eigenvalue weighted by Crippen LogP contribution is 2.34. The van der Waals surface area contributed by atoms with E-state index in [1.807, 2.05) is 55.5 Å². The fourth-order valence-electron chi connectivity index (χ4n) is 2.96. The number of carbonyl (C=O) groups is 1. The number of carbonyl (C=O) groups excluding carboxylic acids is 1. The van der Waals surface area contributed by atoms with Crippen LogP contribution in [0.1, 0.15) is 15.9 Å². The minimum absolute atomic E-state index is 0.223. The Morgan fingerprint density at radius 1 is 1.14 bits per heavy atom. The number of methoxy groups -OCH3 is 1. The lowest BCUT2D eigenvalue weighted by molar-refractivity contribution is 0.102. The summed E-state index contributed by atoms with van der Waals surface area (Å²) >= 11 is 4.79. The lowest BCUT2D eigenvalue weighted by Gasteiger charge is -2.13. The summed E-state index contributed by atoms with van der Waals surface area (Å²) in [6.07, 6.45) is 1.69. The van der Waals surface area contributed by atoms with Crippen LogP contribution in [0.4, 0.5) is 5.13 Å². The maximum absolute atomic E-state index is 13.0. The van der Waals surface area contributed by atoms with Gasteiger partial charge in [0.05, 0.1) is 11.8 Å². The van der Waals surface area contributed by atoms with E-state index in [9.17, 15) is 4.79 Å². The second-order valence-electron chi connectivity index (χ2n) is 6.20. The van der Waals surface area contributed by atoms with Crippen molar-refractivity contribution in [2.45, 2.75) is 6.92 Å². The number of pyridine rings is 1. The Morgan fingerprint density at radius 3 is 2.79 bits per heavy atom. The number of benzene rings is 2. The molecule has 0 fully saturated rings. The molecule has 1 amide bonds. The van der Waals surface area contributed by atoms with Crippen molar-refractivity contribution in [3.63, 3.8) is 0 Å². The molecule has 1 N–H and O–H groups in total. The molecule has 0 spiro atoms. The number of rotatable bonds is 4. The zero-order chi connectivity index (χ0) is 19.7. The van der Waals surface area contributed by atoms with Gasteiger partial charge in [0.1, 0.15) is 5.75 Å². The Labute approximate surface area is 174 Å². The topological polar surface area (TPSA) is 64.1 Å². The van der Waals surface area contributed by atoms with E-state index in [2.05, 4.69) is 31.2 Å². The van der Waals surface area contributed by atoms with Gasteiger partial charge in [-0.05, 0) is 46.6 Å². The van der Waals surface area contributed by atoms with Crippen LogP contribution in [0.5, 0.6) is 5.75 Å². The first-order valence-corrected chi connectivity index (χ1v) is 10.1. The summed E-state index contributed by atoms with van der Waals surface area (Å²) in [6, 6.07) is 15.3. The number of anilines is 1. The molecule has 4 aromatic rings. The summed E-state index contributed by atoms with van der Waals surface area (Å²) in [5.74, 6) is 0.496. The van der Waals surface area contributed by atoms with Crippen molar-refractivity contribution in [3.8, 4) is 16.9 Å². The number of nitrogens with zero attached hydrogens (tertiary/aromatic N) is 2. The molecule has 0 aliphatic heterocycles. The van der Waals surface area contributed by atoms with Gasteiger partial charge in [0, 0.05) is 21.8 Å². The number of halogens is 1. The molecule has 28 heavy (non-hydrogen) atoms. The molecular weight excluding hydrogens is 438 g/mol. The predicted molar refractivity (Wildman–Crippen MR) is 116 cm³/mol. The number of fused-ring (bicyclic) bond motifs is 1. The van der Waals surface area contributed by atoms with E-state index in [4.69, 9.17) is 4.74 Å². The van der Waals surface area contributed by atoms with E-state index in [1.165, 1.54) is 11.3 Å². The molecule has 0 saturated heterocycles. The lowest BCUT2D eigenvalue weighted by atomic mass is 9.96. The number of para-hydroxylation sites is 1. The maximum atomic E-state index is 13.0. The van der Waals surface area contributed by atoms with Gasteiger partial charge < -0.3 is 4.74 Å². The van der Waals surface area contributed by atoms with Crippen LogP contribution in [0.2, 0.25) is 0 Å². The van der Waals surface area contributed by atoms with Gasteiger partial charge >= 0.3 is 0 Å². The summed E-state index contributed by atoms with van der Waals surface area (Å²) in [5, 5.41) is 3.42. The Balaban J connectivity index is 1.73. The Bertz CT molecular complexity index is 1190. The van der Waals surface area contributed by atoms with Crippen LogP contribution in [-0.2, 0) is 0 Å². The third kappa shape index (κ3) is 3.63. The highest BCUT2D eigenvalue weighted by molar-refractivity contribution is 9.10. The van der Waals surface area contributed by atoms with Gasteiger partial charge in [-0.3, -0.25) is 10.1 Å². The van der Waals surface area contributed by atoms with E-state index < -0.39 is 0 Å². The third-order valence-corrected chi connectivity index (χ3v) is 5.59. The second kappa shape index (κ2) is 7.69. The van der Waals surface area contributed by atoms with Crippen LogP contribution in [0.25, 0.3) is 21.5 Å². The first-order chi connectivity index (χ1) is 13.5. The van der Waals surface area contributed by atoms with Crippen LogP contribution in [0, 0.1) is 6.92 Å². The van der Waals surface area contributed by atoms with E-state index in [0.29, 0.717) is 16.3 Å². The van der Waals surface area contributed by atoms with E-state index in [1.54, 1.807) is 13.3 Å². The minimum Gasteiger partial charge on any atom is -0.496 e. The molecule has 0 aliphatic rings. The van der Waals surface area contributed by atoms with Gasteiger partial charge in [-0.25, -0.2) is 4.98 Å². The molecule has 0 atom stereocenters. The third-order valence-electron chi connectivity index (χ3n) is 4.25. The van der Waals surface area contributed by atoms with Crippen molar-refractivity contribution < 1.29 is 9.53 Å². The van der Waals surface area contributed by atoms with Crippen LogP contribution < -0.4 is 10.1 Å². The zero-order valence-corrected chi connectivity index (χ0v) is 17.6. The number of aryl methyl sites for hydroxylation is 1. The van der Waals surface area contributed by atoms with Crippen molar-refractivity contribution >= 4 is 48.7 Å². The highest BCUT2D eigenvalue weighted by Gasteiger charge is 2.17. The molecule has 0 radical (unpaired) electrons. The molecule has 0 saturated carbocycles. The normalized spacial score (nSPS) is 10.8. The molecule has 0 aliphatic carbocycles. The molecule has 0 unspecified atom stereocenters. The van der Waals surface area contributed by atoms with Crippen molar-refractivity contribution in [3.05, 3.63) is 70.3 Å². The average molecular weight is 454 g/mol. The summed E-state index contributed by atoms with van der Waals surface area (Å²) < 4.78 is 7.26. The molecule has 0 bridgehead atoms. The fourth-order valence-corrected chi connectivity index (χ4v) is 4.30. The van der Waals surface area contributed by atoms with Gasteiger partial charge in [-0.2, -0.15) is 4.98 Å². The zero-order valence-electron chi connectivity index (χ0n) is 15.2. The number of ether oxygens (including phenoxy) is 1. The van der Waals surface area contributed by atoms with E-state index in [-0.39, 0.29) is 5.91 Å². The second-order valence-corrected chi connectivity index (χ2v) is 8.14. The summed E-state index contributed by atoms with van der Waals surface area (Å²) in [4.78, 5) is 21.7. The van der Waals surface area contributed by atoms with Crippen LogP contribution in [0.3, 0.4) is 0 Å². The van der Waals surface area contributed by atoms with E-state index >= 15 is 0 Å². The molecule has 5 nitrogen and oxygen atoms in total. The predicted octanol–water partition coefficient (Wildman–Crippen LogP) is 5.69. The molecule has 2 aromatic carbocycles. The number of aromatic nitrogens is 2. The number of nitrogens with one attached hydrogen (secondary N) is 1. The summed E-state index contributed by atoms with van der Waals surface area (Å²) in [7, 11) is 1.63. The molecule has 7 heteroatoms. The van der Waals surface area contributed by atoms with Gasteiger partial charge in [0.15, 0.2) is 10.8 Å². The Morgan fingerprint density at radius 2 is 1.96 bits per heavy atom. The molecule has 2 heterocycles. The summed E-state index contributed by atoms with van der Waals surface area (Å²) in [6.45, 7) is 2.00.